The van der Waals surface area contributed by atoms with Crippen LogP contribution in [0.15, 0.2) is 42.5 Å². The summed E-state index contributed by atoms with van der Waals surface area (Å²) in [7, 11) is 0. The van der Waals surface area contributed by atoms with E-state index in [1.807, 2.05) is 25.1 Å². The van der Waals surface area contributed by atoms with Crippen LogP contribution in [0, 0.1) is 18.6 Å². The van der Waals surface area contributed by atoms with Gasteiger partial charge in [-0.05, 0) is 49.6 Å². The number of nitrogens with one attached hydrogen (secondary N) is 2. The third-order valence-electron chi connectivity index (χ3n) is 5.05. The molecule has 1 aromatic heterocycles. The zero-order chi connectivity index (χ0) is 17.6. The van der Waals surface area contributed by atoms with Gasteiger partial charge in [0.2, 0.25) is 0 Å². The second kappa shape index (κ2) is 5.69. The van der Waals surface area contributed by atoms with E-state index in [1.54, 1.807) is 0 Å². The first-order valence-corrected chi connectivity index (χ1v) is 8.31. The summed E-state index contributed by atoms with van der Waals surface area (Å²) in [5.74, 6) is -2.35. The van der Waals surface area contributed by atoms with Crippen molar-refractivity contribution in [3.63, 3.8) is 0 Å². The number of hydrogen-bond acceptors (Lipinski definition) is 1. The topological polar surface area (TPSA) is 44.9 Å². The molecule has 2 N–H and O–H groups in total. The third kappa shape index (κ3) is 2.69. The molecule has 0 atom stereocenters. The number of carbonyl (C=O) groups excluding carboxylic acids is 1. The Morgan fingerprint density at radius 1 is 1.16 bits per heavy atom. The van der Waals surface area contributed by atoms with Crippen LogP contribution in [-0.2, 0) is 5.41 Å². The van der Waals surface area contributed by atoms with Crippen molar-refractivity contribution >= 4 is 16.8 Å². The smallest absolute Gasteiger partial charge is 0.251 e. The Hall–Kier alpha value is -2.69. The molecule has 0 radical (unpaired) electrons. The fourth-order valence-electron chi connectivity index (χ4n) is 3.62. The van der Waals surface area contributed by atoms with Gasteiger partial charge in [-0.3, -0.25) is 4.79 Å². The molecule has 3 nitrogen and oxygen atoms in total. The first-order chi connectivity index (χ1) is 12.0. The molecule has 1 heterocycles. The highest BCUT2D eigenvalue weighted by atomic mass is 19.2. The predicted octanol–water partition coefficient (Wildman–Crippen LogP) is 4.22. The van der Waals surface area contributed by atoms with Crippen molar-refractivity contribution in [3.05, 3.63) is 70.9 Å². The number of H-pyrrole nitrogens is 1. The Labute approximate surface area is 144 Å². The third-order valence-corrected chi connectivity index (χ3v) is 5.05. The van der Waals surface area contributed by atoms with Crippen LogP contribution in [0.5, 0.6) is 0 Å². The van der Waals surface area contributed by atoms with Gasteiger partial charge in [0.15, 0.2) is 11.6 Å². The number of carbonyl (C=O) groups is 1. The molecule has 0 unspecified atom stereocenters. The maximum atomic E-state index is 13.3. The summed E-state index contributed by atoms with van der Waals surface area (Å²) in [4.78, 5) is 15.7. The number of rotatable bonds is 4. The first kappa shape index (κ1) is 15.8. The lowest BCUT2D eigenvalue weighted by atomic mass is 9.93. The second-order valence-corrected chi connectivity index (χ2v) is 6.76. The summed E-state index contributed by atoms with van der Waals surface area (Å²) in [5, 5.41) is 4.07. The minimum Gasteiger partial charge on any atom is -0.358 e. The number of hydrogen-bond donors (Lipinski definition) is 2. The van der Waals surface area contributed by atoms with Crippen molar-refractivity contribution in [2.45, 2.75) is 25.2 Å². The molecular weight excluding hydrogens is 322 g/mol. The van der Waals surface area contributed by atoms with Crippen LogP contribution in [0.4, 0.5) is 8.78 Å². The predicted molar refractivity (Wildman–Crippen MR) is 92.6 cm³/mol. The van der Waals surface area contributed by atoms with Gasteiger partial charge in [0, 0.05) is 34.1 Å². The summed E-state index contributed by atoms with van der Waals surface area (Å²) in [6.45, 7) is 2.53. The van der Waals surface area contributed by atoms with Crippen molar-refractivity contribution in [2.75, 3.05) is 6.54 Å². The number of aromatic amines is 1. The van der Waals surface area contributed by atoms with Crippen molar-refractivity contribution in [1.29, 1.82) is 0 Å². The summed E-state index contributed by atoms with van der Waals surface area (Å²) >= 11 is 0. The van der Waals surface area contributed by atoms with Gasteiger partial charge in [-0.15, -0.1) is 0 Å². The summed E-state index contributed by atoms with van der Waals surface area (Å²) in [6, 6.07) is 11.3. The maximum Gasteiger partial charge on any atom is 0.251 e. The number of fused-ring (bicyclic) bond motifs is 1. The molecule has 0 bridgehead atoms. The molecule has 2 aromatic carbocycles. The number of aryl methyl sites for hydroxylation is 1. The van der Waals surface area contributed by atoms with Gasteiger partial charge >= 0.3 is 0 Å². The first-order valence-electron chi connectivity index (χ1n) is 8.31. The highest BCUT2D eigenvalue weighted by Gasteiger charge is 2.46. The van der Waals surface area contributed by atoms with Gasteiger partial charge in [-0.25, -0.2) is 8.78 Å². The van der Waals surface area contributed by atoms with Crippen LogP contribution in [0.3, 0.4) is 0 Å². The highest BCUT2D eigenvalue weighted by molar-refractivity contribution is 5.94. The van der Waals surface area contributed by atoms with Crippen LogP contribution in [-0.4, -0.2) is 17.4 Å². The largest absolute Gasteiger partial charge is 0.358 e. The van der Waals surface area contributed by atoms with Gasteiger partial charge in [-0.1, -0.05) is 18.2 Å². The number of benzene rings is 2. The SMILES string of the molecule is Cc1[nH]c2ccccc2c1C1(CNC(=O)c2ccc(F)c(F)c2)CC1. The maximum absolute atomic E-state index is 13.3. The van der Waals surface area contributed by atoms with Gasteiger partial charge in [0.25, 0.3) is 5.91 Å². The molecule has 128 valence electrons. The van der Waals surface area contributed by atoms with Crippen LogP contribution in [0.1, 0.15) is 34.5 Å². The van der Waals surface area contributed by atoms with E-state index >= 15 is 0 Å². The van der Waals surface area contributed by atoms with E-state index in [1.165, 1.54) is 17.0 Å². The molecule has 0 spiro atoms. The van der Waals surface area contributed by atoms with Gasteiger partial charge < -0.3 is 10.3 Å². The van der Waals surface area contributed by atoms with Crippen LogP contribution in [0.2, 0.25) is 0 Å². The molecule has 0 aliphatic heterocycles. The monoisotopic (exact) mass is 340 g/mol. The Kier molecular flexibility index (Phi) is 3.60. The van der Waals surface area contributed by atoms with Crippen molar-refractivity contribution in [3.8, 4) is 0 Å². The van der Waals surface area contributed by atoms with Crippen molar-refractivity contribution < 1.29 is 13.6 Å². The van der Waals surface area contributed by atoms with Crippen LogP contribution < -0.4 is 5.32 Å². The number of halogens is 2. The van der Waals surface area contributed by atoms with Crippen LogP contribution in [0.25, 0.3) is 10.9 Å². The number of aromatic nitrogens is 1. The van der Waals surface area contributed by atoms with E-state index < -0.39 is 11.6 Å². The zero-order valence-corrected chi connectivity index (χ0v) is 13.8. The molecule has 1 aliphatic rings. The van der Waals surface area contributed by atoms with E-state index in [0.29, 0.717) is 6.54 Å². The van der Waals surface area contributed by atoms with E-state index in [0.717, 1.165) is 36.2 Å². The molecule has 1 amide bonds. The fraction of sp³-hybridized carbons (Fsp3) is 0.250. The Morgan fingerprint density at radius 3 is 2.64 bits per heavy atom. The van der Waals surface area contributed by atoms with Gasteiger partial charge in [-0.2, -0.15) is 0 Å². The van der Waals surface area contributed by atoms with E-state index in [2.05, 4.69) is 16.4 Å². The summed E-state index contributed by atoms with van der Waals surface area (Å²) in [6.07, 6.45) is 1.99. The lowest BCUT2D eigenvalue weighted by Gasteiger charge is -2.17. The molecule has 1 fully saturated rings. The van der Waals surface area contributed by atoms with E-state index in [-0.39, 0.29) is 16.9 Å². The molecule has 1 aliphatic carbocycles. The second-order valence-electron chi connectivity index (χ2n) is 6.76. The Morgan fingerprint density at radius 2 is 1.92 bits per heavy atom. The molecule has 1 saturated carbocycles. The minimum atomic E-state index is -1.01. The molecule has 25 heavy (non-hydrogen) atoms. The standard InChI is InChI=1S/C20H18F2N2O/c1-12-18(14-4-2-3-5-17(14)24-12)20(8-9-20)11-23-19(25)13-6-7-15(21)16(22)10-13/h2-7,10,24H,8-9,11H2,1H3,(H,23,25). The average Bonchev–Trinajstić information content (AvgIpc) is 3.30. The Bertz CT molecular complexity index is 973. The van der Waals surface area contributed by atoms with Crippen molar-refractivity contribution in [1.82, 2.24) is 10.3 Å². The quantitative estimate of drug-likeness (QED) is 0.734. The molecule has 0 saturated heterocycles. The van der Waals surface area contributed by atoms with E-state index in [9.17, 15) is 13.6 Å². The van der Waals surface area contributed by atoms with Crippen LogP contribution >= 0.6 is 0 Å². The Balaban J connectivity index is 1.57. The lowest BCUT2D eigenvalue weighted by Crippen LogP contribution is -2.32. The minimum absolute atomic E-state index is 0.0854. The highest BCUT2D eigenvalue weighted by Crippen LogP contribution is 2.51. The van der Waals surface area contributed by atoms with Crippen molar-refractivity contribution in [2.24, 2.45) is 0 Å². The zero-order valence-electron chi connectivity index (χ0n) is 13.8. The molecule has 4 rings (SSSR count). The lowest BCUT2D eigenvalue weighted by molar-refractivity contribution is 0.0949. The molecular formula is C20H18F2N2O. The summed E-state index contributed by atoms with van der Waals surface area (Å²) < 4.78 is 26.3. The van der Waals surface area contributed by atoms with Gasteiger partial charge in [0.05, 0.1) is 0 Å². The number of amides is 1. The fourth-order valence-corrected chi connectivity index (χ4v) is 3.62. The average molecular weight is 340 g/mol. The number of para-hydroxylation sites is 1. The summed E-state index contributed by atoms with van der Waals surface area (Å²) in [5.41, 5.74) is 3.49. The van der Waals surface area contributed by atoms with E-state index in [4.69, 9.17) is 0 Å². The van der Waals surface area contributed by atoms with Gasteiger partial charge in [0.1, 0.15) is 0 Å². The molecule has 3 aromatic rings. The normalized spacial score (nSPS) is 15.3. The molecule has 5 heteroatoms.